The first-order chi connectivity index (χ1) is 13.2. The maximum absolute atomic E-state index is 12.7. The molecule has 0 atom stereocenters. The van der Waals surface area contributed by atoms with Gasteiger partial charge in [-0.1, -0.05) is 17.7 Å². The molecule has 0 saturated carbocycles. The molecule has 0 aliphatic heterocycles. The van der Waals surface area contributed by atoms with Gasteiger partial charge in [-0.2, -0.15) is 0 Å². The van der Waals surface area contributed by atoms with Crippen LogP contribution in [0.1, 0.15) is 12.5 Å². The lowest BCUT2D eigenvalue weighted by Crippen LogP contribution is -2.21. The first-order valence-electron chi connectivity index (χ1n) is 8.29. The molecule has 0 fully saturated rings. The van der Waals surface area contributed by atoms with Gasteiger partial charge in [-0.3, -0.25) is 14.1 Å². The number of hydrogen-bond acceptors (Lipinski definition) is 6. The van der Waals surface area contributed by atoms with E-state index in [9.17, 15) is 18.0 Å². The largest absolute Gasteiger partial charge is 0.465 e. The van der Waals surface area contributed by atoms with Crippen molar-refractivity contribution < 1.29 is 22.4 Å². The molecule has 3 aromatic rings. The number of ether oxygens (including phenoxy) is 1. The average Bonchev–Trinajstić information content (AvgIpc) is 2.92. The van der Waals surface area contributed by atoms with Crippen LogP contribution in [0.5, 0.6) is 0 Å². The molecule has 0 spiro atoms. The summed E-state index contributed by atoms with van der Waals surface area (Å²) in [6.07, 6.45) is 0. The SMILES string of the molecule is CCOC(=O)Cn1c(=O)oc2cc(S(=O)(=O)Nc3ccc(C)cc3Cl)ccc21. The number of hydrogen-bond donors (Lipinski definition) is 1. The van der Waals surface area contributed by atoms with Crippen molar-refractivity contribution in [3.63, 3.8) is 0 Å². The van der Waals surface area contributed by atoms with Gasteiger partial charge in [0.25, 0.3) is 10.0 Å². The van der Waals surface area contributed by atoms with Crippen LogP contribution < -0.4 is 10.5 Å². The molecule has 0 bridgehead atoms. The van der Waals surface area contributed by atoms with Gasteiger partial charge in [0.15, 0.2) is 5.58 Å². The number of aromatic nitrogens is 1. The lowest BCUT2D eigenvalue weighted by molar-refractivity contribution is -0.143. The van der Waals surface area contributed by atoms with Crippen LogP contribution in [0.2, 0.25) is 5.02 Å². The van der Waals surface area contributed by atoms with Crippen molar-refractivity contribution in [1.29, 1.82) is 0 Å². The number of aryl methyl sites for hydroxylation is 1. The number of nitrogens with one attached hydrogen (secondary N) is 1. The van der Waals surface area contributed by atoms with Gasteiger partial charge in [0.2, 0.25) is 0 Å². The molecule has 148 valence electrons. The van der Waals surface area contributed by atoms with E-state index in [2.05, 4.69) is 4.72 Å². The monoisotopic (exact) mass is 424 g/mol. The molecule has 0 saturated heterocycles. The number of oxazole rings is 1. The van der Waals surface area contributed by atoms with E-state index in [-0.39, 0.29) is 39.9 Å². The van der Waals surface area contributed by atoms with E-state index in [1.165, 1.54) is 18.2 Å². The third-order valence-corrected chi connectivity index (χ3v) is 5.59. The van der Waals surface area contributed by atoms with E-state index >= 15 is 0 Å². The van der Waals surface area contributed by atoms with Crippen molar-refractivity contribution in [2.45, 2.75) is 25.3 Å². The Labute approximate surface area is 165 Å². The second-order valence-electron chi connectivity index (χ2n) is 5.98. The van der Waals surface area contributed by atoms with E-state index in [4.69, 9.17) is 20.8 Å². The summed E-state index contributed by atoms with van der Waals surface area (Å²) in [5.41, 5.74) is 1.44. The predicted molar refractivity (Wildman–Crippen MR) is 104 cm³/mol. The Bertz CT molecular complexity index is 1210. The van der Waals surface area contributed by atoms with Crippen molar-refractivity contribution >= 4 is 44.4 Å². The number of sulfonamides is 1. The summed E-state index contributed by atoms with van der Waals surface area (Å²) >= 11 is 6.08. The normalized spacial score (nSPS) is 11.5. The summed E-state index contributed by atoms with van der Waals surface area (Å²) in [5.74, 6) is -1.38. The first kappa shape index (κ1) is 20.0. The van der Waals surface area contributed by atoms with Crippen molar-refractivity contribution in [1.82, 2.24) is 4.57 Å². The van der Waals surface area contributed by atoms with E-state index in [0.29, 0.717) is 0 Å². The van der Waals surface area contributed by atoms with Crippen molar-refractivity contribution in [3.05, 3.63) is 57.5 Å². The van der Waals surface area contributed by atoms with Gasteiger partial charge in [0.05, 0.1) is 27.7 Å². The number of fused-ring (bicyclic) bond motifs is 1. The minimum atomic E-state index is -3.97. The molecule has 0 amide bonds. The number of carbonyl (C=O) groups is 1. The van der Waals surface area contributed by atoms with Crippen LogP contribution in [0.4, 0.5) is 5.69 Å². The maximum atomic E-state index is 12.7. The number of halogens is 1. The van der Waals surface area contributed by atoms with Gasteiger partial charge in [-0.15, -0.1) is 0 Å². The van der Waals surface area contributed by atoms with Gasteiger partial charge >= 0.3 is 11.7 Å². The van der Waals surface area contributed by atoms with E-state index in [1.54, 1.807) is 25.1 Å². The second-order valence-corrected chi connectivity index (χ2v) is 8.07. The Morgan fingerprint density at radius 1 is 1.25 bits per heavy atom. The Morgan fingerprint density at radius 2 is 2.00 bits per heavy atom. The second kappa shape index (κ2) is 7.69. The molecule has 1 heterocycles. The highest BCUT2D eigenvalue weighted by Gasteiger charge is 2.20. The molecule has 2 aromatic carbocycles. The van der Waals surface area contributed by atoms with Crippen LogP contribution in [0.25, 0.3) is 11.1 Å². The van der Waals surface area contributed by atoms with Crippen LogP contribution >= 0.6 is 11.6 Å². The van der Waals surface area contributed by atoms with Crippen molar-refractivity contribution in [2.75, 3.05) is 11.3 Å². The molecular weight excluding hydrogens is 408 g/mol. The third-order valence-electron chi connectivity index (χ3n) is 3.91. The summed E-state index contributed by atoms with van der Waals surface area (Å²) < 4.78 is 38.7. The average molecular weight is 425 g/mol. The summed E-state index contributed by atoms with van der Waals surface area (Å²) in [7, 11) is -3.97. The van der Waals surface area contributed by atoms with Crippen LogP contribution in [-0.2, 0) is 26.1 Å². The van der Waals surface area contributed by atoms with Gasteiger partial charge < -0.3 is 9.15 Å². The Morgan fingerprint density at radius 3 is 2.68 bits per heavy atom. The highest BCUT2D eigenvalue weighted by molar-refractivity contribution is 7.92. The predicted octanol–water partition coefficient (Wildman–Crippen LogP) is 2.92. The molecule has 0 aliphatic carbocycles. The lowest BCUT2D eigenvalue weighted by atomic mass is 10.2. The van der Waals surface area contributed by atoms with Crippen LogP contribution in [0, 0.1) is 6.92 Å². The zero-order valence-electron chi connectivity index (χ0n) is 15.1. The fraction of sp³-hybridized carbons (Fsp3) is 0.222. The van der Waals surface area contributed by atoms with Crippen molar-refractivity contribution in [3.8, 4) is 0 Å². The van der Waals surface area contributed by atoms with Gasteiger partial charge in [0.1, 0.15) is 6.54 Å². The standard InChI is InChI=1S/C18H17ClN2O6S/c1-3-26-17(22)10-21-15-7-5-12(9-16(15)27-18(21)23)28(24,25)20-14-6-4-11(2)8-13(14)19/h4-9,20H,3,10H2,1-2H3. The molecule has 28 heavy (non-hydrogen) atoms. The summed E-state index contributed by atoms with van der Waals surface area (Å²) in [6, 6.07) is 8.83. The van der Waals surface area contributed by atoms with Gasteiger partial charge in [-0.25, -0.2) is 13.2 Å². The number of anilines is 1. The number of nitrogens with zero attached hydrogens (tertiary/aromatic N) is 1. The fourth-order valence-electron chi connectivity index (χ4n) is 2.61. The Hall–Kier alpha value is -2.78. The highest BCUT2D eigenvalue weighted by atomic mass is 35.5. The van der Waals surface area contributed by atoms with Crippen LogP contribution in [-0.4, -0.2) is 25.6 Å². The number of rotatable bonds is 6. The van der Waals surface area contributed by atoms with Gasteiger partial charge in [0, 0.05) is 6.07 Å². The smallest absolute Gasteiger partial charge is 0.420 e. The molecule has 0 aliphatic rings. The Balaban J connectivity index is 1.95. The summed E-state index contributed by atoms with van der Waals surface area (Å²) in [5, 5.41) is 0.261. The number of esters is 1. The molecule has 0 radical (unpaired) electrons. The molecule has 0 unspecified atom stereocenters. The van der Waals surface area contributed by atoms with Gasteiger partial charge in [-0.05, 0) is 43.7 Å². The third kappa shape index (κ3) is 4.05. The van der Waals surface area contributed by atoms with Crippen LogP contribution in [0.3, 0.4) is 0 Å². The zero-order valence-corrected chi connectivity index (χ0v) is 16.6. The lowest BCUT2D eigenvalue weighted by Gasteiger charge is -2.10. The maximum Gasteiger partial charge on any atom is 0.420 e. The quantitative estimate of drug-likeness (QED) is 0.609. The number of carbonyl (C=O) groups excluding carboxylic acids is 1. The van der Waals surface area contributed by atoms with E-state index in [0.717, 1.165) is 10.1 Å². The molecule has 1 N–H and O–H groups in total. The molecular formula is C18H17ClN2O6S. The molecule has 8 nitrogen and oxygen atoms in total. The summed E-state index contributed by atoms with van der Waals surface area (Å²) in [6.45, 7) is 3.33. The highest BCUT2D eigenvalue weighted by Crippen LogP contribution is 2.26. The number of benzene rings is 2. The molecule has 1 aromatic heterocycles. The van der Waals surface area contributed by atoms with E-state index < -0.39 is 21.7 Å². The topological polar surface area (TPSA) is 108 Å². The minimum absolute atomic E-state index is 0.0344. The zero-order chi connectivity index (χ0) is 20.5. The first-order valence-corrected chi connectivity index (χ1v) is 10.2. The molecule has 10 heteroatoms. The minimum Gasteiger partial charge on any atom is -0.465 e. The fourth-order valence-corrected chi connectivity index (χ4v) is 4.04. The molecule has 3 rings (SSSR count). The van der Waals surface area contributed by atoms with E-state index in [1.807, 2.05) is 6.92 Å². The summed E-state index contributed by atoms with van der Waals surface area (Å²) in [4.78, 5) is 23.5. The van der Waals surface area contributed by atoms with Crippen molar-refractivity contribution in [2.24, 2.45) is 0 Å². The Kier molecular flexibility index (Phi) is 5.48. The van der Waals surface area contributed by atoms with Crippen LogP contribution in [0.15, 0.2) is 50.5 Å².